The van der Waals surface area contributed by atoms with Gasteiger partial charge in [0.15, 0.2) is 0 Å². The topological polar surface area (TPSA) is 32.3 Å². The van der Waals surface area contributed by atoms with Gasteiger partial charge in [0.05, 0.1) is 6.54 Å². The SMILES string of the molecule is CNCCC(=O)N(CCc1ccccc1)Cc1ccc(C)s1.Cl. The number of benzene rings is 1. The van der Waals surface area contributed by atoms with Crippen LogP contribution in [-0.2, 0) is 17.8 Å². The van der Waals surface area contributed by atoms with E-state index < -0.39 is 0 Å². The molecule has 0 atom stereocenters. The fraction of sp³-hybridized carbons (Fsp3) is 0.389. The second kappa shape index (κ2) is 10.4. The van der Waals surface area contributed by atoms with Gasteiger partial charge in [-0.2, -0.15) is 0 Å². The number of amides is 1. The summed E-state index contributed by atoms with van der Waals surface area (Å²) in [5.41, 5.74) is 1.27. The predicted octanol–water partition coefficient (Wildman–Crippen LogP) is 3.66. The minimum atomic E-state index is 0. The number of aryl methyl sites for hydroxylation is 1. The summed E-state index contributed by atoms with van der Waals surface area (Å²) in [5, 5.41) is 3.05. The quantitative estimate of drug-likeness (QED) is 0.786. The number of thiophene rings is 1. The Morgan fingerprint density at radius 1 is 1.17 bits per heavy atom. The fourth-order valence-corrected chi connectivity index (χ4v) is 3.26. The number of nitrogens with zero attached hydrogens (tertiary/aromatic N) is 1. The molecule has 2 aromatic rings. The first-order valence-electron chi connectivity index (χ1n) is 7.70. The Morgan fingerprint density at radius 3 is 2.52 bits per heavy atom. The molecule has 0 aliphatic rings. The Bertz CT molecular complexity index is 586. The second-order valence-electron chi connectivity index (χ2n) is 5.42. The van der Waals surface area contributed by atoms with E-state index in [1.807, 2.05) is 30.1 Å². The molecular formula is C18H25ClN2OS. The summed E-state index contributed by atoms with van der Waals surface area (Å²) in [6.45, 7) is 4.31. The largest absolute Gasteiger partial charge is 0.337 e. The average Bonchev–Trinajstić information content (AvgIpc) is 2.95. The molecule has 0 spiro atoms. The van der Waals surface area contributed by atoms with Crippen LogP contribution >= 0.6 is 23.7 Å². The van der Waals surface area contributed by atoms with Crippen LogP contribution in [-0.4, -0.2) is 30.9 Å². The smallest absolute Gasteiger partial charge is 0.224 e. The van der Waals surface area contributed by atoms with Gasteiger partial charge in [0, 0.05) is 29.3 Å². The van der Waals surface area contributed by atoms with Crippen LogP contribution in [0.4, 0.5) is 0 Å². The summed E-state index contributed by atoms with van der Waals surface area (Å²) < 4.78 is 0. The van der Waals surface area contributed by atoms with Crippen molar-refractivity contribution in [2.75, 3.05) is 20.1 Å². The van der Waals surface area contributed by atoms with E-state index >= 15 is 0 Å². The summed E-state index contributed by atoms with van der Waals surface area (Å²) >= 11 is 1.77. The van der Waals surface area contributed by atoms with Gasteiger partial charge in [0.25, 0.3) is 0 Å². The number of carbonyl (C=O) groups excluding carboxylic acids is 1. The van der Waals surface area contributed by atoms with E-state index in [1.165, 1.54) is 15.3 Å². The van der Waals surface area contributed by atoms with Gasteiger partial charge in [-0.05, 0) is 38.1 Å². The zero-order valence-electron chi connectivity index (χ0n) is 13.7. The second-order valence-corrected chi connectivity index (χ2v) is 6.79. The third kappa shape index (κ3) is 6.73. The van der Waals surface area contributed by atoms with Crippen molar-refractivity contribution in [2.45, 2.75) is 26.3 Å². The van der Waals surface area contributed by atoms with Crippen molar-refractivity contribution in [3.63, 3.8) is 0 Å². The fourth-order valence-electron chi connectivity index (χ4n) is 2.35. The molecule has 3 nitrogen and oxygen atoms in total. The van der Waals surface area contributed by atoms with Crippen LogP contribution in [0.3, 0.4) is 0 Å². The number of hydrogen-bond acceptors (Lipinski definition) is 3. The van der Waals surface area contributed by atoms with Crippen molar-refractivity contribution >= 4 is 29.7 Å². The van der Waals surface area contributed by atoms with Crippen molar-refractivity contribution in [2.24, 2.45) is 0 Å². The van der Waals surface area contributed by atoms with Crippen LogP contribution in [0, 0.1) is 6.92 Å². The van der Waals surface area contributed by atoms with Crippen LogP contribution in [0.25, 0.3) is 0 Å². The Kier molecular flexibility index (Phi) is 8.92. The summed E-state index contributed by atoms with van der Waals surface area (Å²) in [4.78, 5) is 17.0. The number of hydrogen-bond donors (Lipinski definition) is 1. The highest BCUT2D eigenvalue weighted by Crippen LogP contribution is 2.18. The first-order valence-corrected chi connectivity index (χ1v) is 8.52. The van der Waals surface area contributed by atoms with E-state index in [1.54, 1.807) is 11.3 Å². The molecule has 126 valence electrons. The normalized spacial score (nSPS) is 10.2. The summed E-state index contributed by atoms with van der Waals surface area (Å²) in [7, 11) is 1.88. The summed E-state index contributed by atoms with van der Waals surface area (Å²) in [6, 6.07) is 14.6. The lowest BCUT2D eigenvalue weighted by atomic mass is 10.1. The third-order valence-corrected chi connectivity index (χ3v) is 4.58. The van der Waals surface area contributed by atoms with E-state index in [0.717, 1.165) is 19.5 Å². The highest BCUT2D eigenvalue weighted by atomic mass is 35.5. The lowest BCUT2D eigenvalue weighted by Gasteiger charge is -2.22. The molecule has 23 heavy (non-hydrogen) atoms. The minimum Gasteiger partial charge on any atom is -0.337 e. The Labute approximate surface area is 149 Å². The van der Waals surface area contributed by atoms with E-state index in [-0.39, 0.29) is 18.3 Å². The monoisotopic (exact) mass is 352 g/mol. The molecule has 5 heteroatoms. The van der Waals surface area contributed by atoms with E-state index in [9.17, 15) is 4.79 Å². The Morgan fingerprint density at radius 2 is 1.91 bits per heavy atom. The van der Waals surface area contributed by atoms with Gasteiger partial charge in [-0.15, -0.1) is 23.7 Å². The molecule has 1 aromatic heterocycles. The van der Waals surface area contributed by atoms with Crippen LogP contribution in [0.2, 0.25) is 0 Å². The van der Waals surface area contributed by atoms with Crippen LogP contribution in [0.15, 0.2) is 42.5 Å². The van der Waals surface area contributed by atoms with Gasteiger partial charge in [0.1, 0.15) is 0 Å². The molecule has 0 unspecified atom stereocenters. The molecule has 0 bridgehead atoms. The number of halogens is 1. The molecule has 1 heterocycles. The zero-order valence-corrected chi connectivity index (χ0v) is 15.4. The zero-order chi connectivity index (χ0) is 15.8. The predicted molar refractivity (Wildman–Crippen MR) is 100 cm³/mol. The molecule has 0 saturated heterocycles. The molecular weight excluding hydrogens is 328 g/mol. The van der Waals surface area contributed by atoms with E-state index in [4.69, 9.17) is 0 Å². The maximum atomic E-state index is 12.4. The molecule has 0 saturated carbocycles. The number of carbonyl (C=O) groups is 1. The van der Waals surface area contributed by atoms with Gasteiger partial charge in [-0.3, -0.25) is 4.79 Å². The van der Waals surface area contributed by atoms with Crippen LogP contribution in [0.5, 0.6) is 0 Å². The molecule has 1 amide bonds. The molecule has 0 aliphatic heterocycles. The van der Waals surface area contributed by atoms with Gasteiger partial charge in [-0.25, -0.2) is 0 Å². The molecule has 0 radical (unpaired) electrons. The minimum absolute atomic E-state index is 0. The lowest BCUT2D eigenvalue weighted by Crippen LogP contribution is -2.33. The highest BCUT2D eigenvalue weighted by molar-refractivity contribution is 7.11. The average molecular weight is 353 g/mol. The molecule has 1 aromatic carbocycles. The van der Waals surface area contributed by atoms with Gasteiger partial charge in [0.2, 0.25) is 5.91 Å². The summed E-state index contributed by atoms with van der Waals surface area (Å²) in [6.07, 6.45) is 1.45. The molecule has 0 aliphatic carbocycles. The van der Waals surface area contributed by atoms with Crippen molar-refractivity contribution in [1.82, 2.24) is 10.2 Å². The molecule has 1 N–H and O–H groups in total. The van der Waals surface area contributed by atoms with Crippen molar-refractivity contribution in [1.29, 1.82) is 0 Å². The van der Waals surface area contributed by atoms with E-state index in [0.29, 0.717) is 13.0 Å². The van der Waals surface area contributed by atoms with Gasteiger partial charge < -0.3 is 10.2 Å². The van der Waals surface area contributed by atoms with Crippen molar-refractivity contribution in [3.05, 3.63) is 57.8 Å². The van der Waals surface area contributed by atoms with Crippen LogP contribution in [0.1, 0.15) is 21.7 Å². The van der Waals surface area contributed by atoms with Crippen LogP contribution < -0.4 is 5.32 Å². The maximum Gasteiger partial charge on any atom is 0.224 e. The van der Waals surface area contributed by atoms with Crippen molar-refractivity contribution in [3.8, 4) is 0 Å². The third-order valence-electron chi connectivity index (χ3n) is 3.60. The molecule has 2 rings (SSSR count). The lowest BCUT2D eigenvalue weighted by molar-refractivity contribution is -0.131. The van der Waals surface area contributed by atoms with E-state index in [2.05, 4.69) is 36.5 Å². The standard InChI is InChI=1S/C18H24N2OS.ClH/c1-15-8-9-17(22-15)14-20(18(21)10-12-19-2)13-11-16-6-4-3-5-7-16;/h3-9,19H,10-14H2,1-2H3;1H. The first-order chi connectivity index (χ1) is 10.7. The molecule has 0 fully saturated rings. The van der Waals surface area contributed by atoms with Crippen molar-refractivity contribution < 1.29 is 4.79 Å². The number of nitrogens with one attached hydrogen (secondary N) is 1. The summed E-state index contributed by atoms with van der Waals surface area (Å²) in [5.74, 6) is 0.219. The van der Waals surface area contributed by atoms with Gasteiger partial charge >= 0.3 is 0 Å². The Balaban J connectivity index is 0.00000264. The first kappa shape index (κ1) is 19.7. The Hall–Kier alpha value is -1.36. The maximum absolute atomic E-state index is 12.4. The highest BCUT2D eigenvalue weighted by Gasteiger charge is 2.14. The van der Waals surface area contributed by atoms with Gasteiger partial charge in [-0.1, -0.05) is 30.3 Å². The number of rotatable bonds is 8.